The lowest BCUT2D eigenvalue weighted by Gasteiger charge is -2.16. The second kappa shape index (κ2) is 7.16. The fourth-order valence-corrected chi connectivity index (χ4v) is 2.43. The Morgan fingerprint density at radius 3 is 2.92 bits per heavy atom. The average Bonchev–Trinajstić information content (AvgIpc) is 3.18. The zero-order chi connectivity index (χ0) is 16.9. The number of guanidine groups is 1. The molecule has 126 valence electrons. The second-order valence-corrected chi connectivity index (χ2v) is 5.55. The Morgan fingerprint density at radius 1 is 1.38 bits per heavy atom. The minimum absolute atomic E-state index is 0.00491. The molecule has 7 heteroatoms. The van der Waals surface area contributed by atoms with Crippen molar-refractivity contribution in [1.29, 1.82) is 0 Å². The average molecular weight is 326 g/mol. The normalized spacial score (nSPS) is 13.2. The Morgan fingerprint density at radius 2 is 2.21 bits per heavy atom. The predicted molar refractivity (Wildman–Crippen MR) is 93.6 cm³/mol. The van der Waals surface area contributed by atoms with Crippen molar-refractivity contribution in [2.75, 3.05) is 6.54 Å². The summed E-state index contributed by atoms with van der Waals surface area (Å²) < 4.78 is 7.62. The van der Waals surface area contributed by atoms with Crippen LogP contribution in [0, 0.1) is 0 Å². The molecule has 0 bridgehead atoms. The summed E-state index contributed by atoms with van der Waals surface area (Å²) in [6.07, 6.45) is 1.53. The van der Waals surface area contributed by atoms with E-state index in [0.717, 1.165) is 29.1 Å². The number of aliphatic imine (C=N–C) groups is 1. The number of hydrogen-bond acceptors (Lipinski definition) is 4. The van der Waals surface area contributed by atoms with E-state index in [9.17, 15) is 0 Å². The first kappa shape index (κ1) is 16.0. The summed E-state index contributed by atoms with van der Waals surface area (Å²) in [5.41, 5.74) is 0.891. The second-order valence-electron chi connectivity index (χ2n) is 5.55. The van der Waals surface area contributed by atoms with E-state index < -0.39 is 0 Å². The van der Waals surface area contributed by atoms with Crippen molar-refractivity contribution in [2.24, 2.45) is 12.0 Å². The monoisotopic (exact) mass is 326 g/mol. The van der Waals surface area contributed by atoms with Gasteiger partial charge in [-0.3, -0.25) is 4.68 Å². The van der Waals surface area contributed by atoms with Gasteiger partial charge in [-0.15, -0.1) is 0 Å². The molecule has 3 aromatic rings. The summed E-state index contributed by atoms with van der Waals surface area (Å²) in [6.45, 7) is 5.31. The molecular formula is C17H22N6O. The molecule has 0 amide bonds. The molecule has 0 fully saturated rings. The van der Waals surface area contributed by atoms with Crippen molar-refractivity contribution >= 4 is 16.9 Å². The third kappa shape index (κ3) is 3.56. The minimum Gasteiger partial charge on any atom is -0.459 e. The highest BCUT2D eigenvalue weighted by Crippen LogP contribution is 2.23. The smallest absolute Gasteiger partial charge is 0.192 e. The number of hydrogen-bond donors (Lipinski definition) is 2. The van der Waals surface area contributed by atoms with E-state index >= 15 is 0 Å². The van der Waals surface area contributed by atoms with Crippen LogP contribution in [0.15, 0.2) is 46.1 Å². The van der Waals surface area contributed by atoms with Gasteiger partial charge in [0.2, 0.25) is 0 Å². The van der Waals surface area contributed by atoms with E-state index in [1.807, 2.05) is 45.2 Å². The quantitative estimate of drug-likeness (QED) is 0.556. The minimum atomic E-state index is -0.00491. The maximum atomic E-state index is 5.91. The van der Waals surface area contributed by atoms with Crippen LogP contribution in [0.25, 0.3) is 11.0 Å². The van der Waals surface area contributed by atoms with Crippen LogP contribution in [0.5, 0.6) is 0 Å². The van der Waals surface area contributed by atoms with Gasteiger partial charge in [-0.1, -0.05) is 18.2 Å². The number of benzene rings is 1. The largest absolute Gasteiger partial charge is 0.459 e. The predicted octanol–water partition coefficient (Wildman–Crippen LogP) is 2.38. The molecule has 0 aliphatic carbocycles. The Hall–Kier alpha value is -2.83. The standard InChI is InChI=1S/C17H22N6O/c1-4-18-17(19-10-16-20-11-21-23(16)3)22-12(2)15-9-13-7-5-6-8-14(13)24-15/h5-9,11-12H,4,10H2,1-3H3,(H2,18,19,22). The van der Waals surface area contributed by atoms with Crippen molar-refractivity contribution in [3.63, 3.8) is 0 Å². The maximum Gasteiger partial charge on any atom is 0.192 e. The number of aromatic nitrogens is 3. The summed E-state index contributed by atoms with van der Waals surface area (Å²) in [5, 5.41) is 11.8. The zero-order valence-electron chi connectivity index (χ0n) is 14.2. The van der Waals surface area contributed by atoms with Crippen molar-refractivity contribution in [1.82, 2.24) is 25.4 Å². The summed E-state index contributed by atoms with van der Waals surface area (Å²) in [4.78, 5) is 8.75. The number of nitrogens with zero attached hydrogens (tertiary/aromatic N) is 4. The number of para-hydroxylation sites is 1. The number of fused-ring (bicyclic) bond motifs is 1. The number of aryl methyl sites for hydroxylation is 1. The van der Waals surface area contributed by atoms with Crippen LogP contribution < -0.4 is 10.6 Å². The number of nitrogens with one attached hydrogen (secondary N) is 2. The van der Waals surface area contributed by atoms with Gasteiger partial charge in [0.15, 0.2) is 5.96 Å². The Balaban J connectivity index is 1.73. The lowest BCUT2D eigenvalue weighted by molar-refractivity contribution is 0.488. The van der Waals surface area contributed by atoms with Crippen molar-refractivity contribution in [3.05, 3.63) is 48.2 Å². The highest BCUT2D eigenvalue weighted by molar-refractivity contribution is 5.81. The summed E-state index contributed by atoms with van der Waals surface area (Å²) in [7, 11) is 1.86. The van der Waals surface area contributed by atoms with Gasteiger partial charge in [-0.05, 0) is 26.0 Å². The number of furan rings is 1. The maximum absolute atomic E-state index is 5.91. The summed E-state index contributed by atoms with van der Waals surface area (Å²) in [5.74, 6) is 2.40. The van der Waals surface area contributed by atoms with E-state index in [0.29, 0.717) is 12.5 Å². The SMILES string of the molecule is CCNC(=NCc1ncnn1C)NC(C)c1cc2ccccc2o1. The third-order valence-corrected chi connectivity index (χ3v) is 3.75. The first-order valence-electron chi connectivity index (χ1n) is 8.03. The fraction of sp³-hybridized carbons (Fsp3) is 0.353. The summed E-state index contributed by atoms with van der Waals surface area (Å²) >= 11 is 0. The van der Waals surface area contributed by atoms with E-state index in [4.69, 9.17) is 4.42 Å². The van der Waals surface area contributed by atoms with E-state index in [2.05, 4.69) is 31.8 Å². The molecule has 0 radical (unpaired) electrons. The van der Waals surface area contributed by atoms with Crippen LogP contribution in [0.4, 0.5) is 0 Å². The highest BCUT2D eigenvalue weighted by atomic mass is 16.3. The molecular weight excluding hydrogens is 304 g/mol. The molecule has 0 saturated carbocycles. The zero-order valence-corrected chi connectivity index (χ0v) is 14.2. The molecule has 3 rings (SSSR count). The first-order chi connectivity index (χ1) is 11.7. The van der Waals surface area contributed by atoms with Gasteiger partial charge in [0, 0.05) is 19.0 Å². The summed E-state index contributed by atoms with van der Waals surface area (Å²) in [6, 6.07) is 10.0. The van der Waals surface area contributed by atoms with Gasteiger partial charge in [0.25, 0.3) is 0 Å². The molecule has 2 heterocycles. The van der Waals surface area contributed by atoms with E-state index in [1.165, 1.54) is 6.33 Å². The van der Waals surface area contributed by atoms with Crippen LogP contribution in [0.2, 0.25) is 0 Å². The Labute approximate surface area is 140 Å². The van der Waals surface area contributed by atoms with Gasteiger partial charge < -0.3 is 15.1 Å². The molecule has 0 spiro atoms. The van der Waals surface area contributed by atoms with Crippen LogP contribution in [0.1, 0.15) is 31.5 Å². The topological polar surface area (TPSA) is 80.3 Å². The molecule has 2 N–H and O–H groups in total. The molecule has 2 aromatic heterocycles. The Bertz CT molecular complexity index is 801. The van der Waals surface area contributed by atoms with Crippen molar-refractivity contribution < 1.29 is 4.42 Å². The fourth-order valence-electron chi connectivity index (χ4n) is 2.43. The number of rotatable bonds is 5. The van der Waals surface area contributed by atoms with Gasteiger partial charge in [0.1, 0.15) is 30.0 Å². The van der Waals surface area contributed by atoms with Crippen LogP contribution in [-0.4, -0.2) is 27.3 Å². The highest BCUT2D eigenvalue weighted by Gasteiger charge is 2.13. The van der Waals surface area contributed by atoms with Crippen LogP contribution in [-0.2, 0) is 13.6 Å². The van der Waals surface area contributed by atoms with Gasteiger partial charge in [-0.25, -0.2) is 9.98 Å². The molecule has 0 saturated heterocycles. The molecule has 0 aliphatic heterocycles. The molecule has 7 nitrogen and oxygen atoms in total. The first-order valence-corrected chi connectivity index (χ1v) is 8.03. The van der Waals surface area contributed by atoms with E-state index in [1.54, 1.807) is 4.68 Å². The molecule has 24 heavy (non-hydrogen) atoms. The van der Waals surface area contributed by atoms with Crippen LogP contribution >= 0.6 is 0 Å². The van der Waals surface area contributed by atoms with Crippen LogP contribution in [0.3, 0.4) is 0 Å². The van der Waals surface area contributed by atoms with Gasteiger partial charge >= 0.3 is 0 Å². The molecule has 1 atom stereocenters. The van der Waals surface area contributed by atoms with E-state index in [-0.39, 0.29) is 6.04 Å². The van der Waals surface area contributed by atoms with Gasteiger partial charge in [0.05, 0.1) is 6.04 Å². The molecule has 1 unspecified atom stereocenters. The Kier molecular flexibility index (Phi) is 4.79. The van der Waals surface area contributed by atoms with Crippen molar-refractivity contribution in [2.45, 2.75) is 26.4 Å². The van der Waals surface area contributed by atoms with Gasteiger partial charge in [-0.2, -0.15) is 5.10 Å². The lowest BCUT2D eigenvalue weighted by atomic mass is 10.2. The molecule has 1 aromatic carbocycles. The van der Waals surface area contributed by atoms with Crippen molar-refractivity contribution in [3.8, 4) is 0 Å². The molecule has 0 aliphatic rings. The third-order valence-electron chi connectivity index (χ3n) is 3.75. The lowest BCUT2D eigenvalue weighted by Crippen LogP contribution is -2.38.